The number of benzene rings is 2. The first-order valence-electron chi connectivity index (χ1n) is 5.36. The first-order chi connectivity index (χ1) is 8.91. The van der Waals surface area contributed by atoms with Crippen molar-refractivity contribution < 1.29 is 22.4 Å². The number of ketones is 1. The van der Waals surface area contributed by atoms with Crippen LogP contribution in [-0.2, 0) is 0 Å². The standard InChI is InChI=1S/C14H8F4O/c1-7-5-9(12(17)6-11(7)16)14(19)8-3-2-4-10(15)13(8)18/h2-6H,1H3. The summed E-state index contributed by atoms with van der Waals surface area (Å²) in [5, 5.41) is 0. The van der Waals surface area contributed by atoms with E-state index < -0.39 is 40.2 Å². The summed E-state index contributed by atoms with van der Waals surface area (Å²) < 4.78 is 53.1. The molecule has 5 heteroatoms. The van der Waals surface area contributed by atoms with Gasteiger partial charge in [-0.1, -0.05) is 6.07 Å². The molecule has 2 rings (SSSR count). The fraction of sp³-hybridized carbons (Fsp3) is 0.0714. The monoisotopic (exact) mass is 268 g/mol. The summed E-state index contributed by atoms with van der Waals surface area (Å²) in [7, 11) is 0. The molecule has 0 spiro atoms. The molecule has 2 aromatic carbocycles. The molecule has 19 heavy (non-hydrogen) atoms. The highest BCUT2D eigenvalue weighted by atomic mass is 19.2. The highest BCUT2D eigenvalue weighted by Crippen LogP contribution is 2.20. The van der Waals surface area contributed by atoms with Crippen LogP contribution in [0.4, 0.5) is 17.6 Å². The van der Waals surface area contributed by atoms with Crippen LogP contribution < -0.4 is 0 Å². The number of carbonyl (C=O) groups excluding carboxylic acids is 1. The average molecular weight is 268 g/mol. The van der Waals surface area contributed by atoms with Crippen LogP contribution in [0.5, 0.6) is 0 Å². The molecule has 0 radical (unpaired) electrons. The van der Waals surface area contributed by atoms with E-state index >= 15 is 0 Å². The Balaban J connectivity index is 2.56. The van der Waals surface area contributed by atoms with Gasteiger partial charge in [-0.3, -0.25) is 4.79 Å². The van der Waals surface area contributed by atoms with Gasteiger partial charge in [-0.2, -0.15) is 0 Å². The van der Waals surface area contributed by atoms with E-state index in [1.807, 2.05) is 0 Å². The minimum atomic E-state index is -1.35. The zero-order valence-corrected chi connectivity index (χ0v) is 9.81. The molecule has 0 aliphatic carbocycles. The lowest BCUT2D eigenvalue weighted by Crippen LogP contribution is -2.09. The summed E-state index contributed by atoms with van der Waals surface area (Å²) in [5.74, 6) is -5.51. The van der Waals surface area contributed by atoms with E-state index in [9.17, 15) is 22.4 Å². The Kier molecular flexibility index (Phi) is 3.38. The van der Waals surface area contributed by atoms with Crippen LogP contribution in [0.2, 0.25) is 0 Å². The zero-order chi connectivity index (χ0) is 14.2. The highest BCUT2D eigenvalue weighted by Gasteiger charge is 2.20. The van der Waals surface area contributed by atoms with Crippen molar-refractivity contribution in [2.24, 2.45) is 0 Å². The molecule has 98 valence electrons. The molecule has 2 aromatic rings. The van der Waals surface area contributed by atoms with Gasteiger partial charge in [0.1, 0.15) is 11.6 Å². The van der Waals surface area contributed by atoms with Crippen molar-refractivity contribution >= 4 is 5.78 Å². The van der Waals surface area contributed by atoms with Gasteiger partial charge in [0.25, 0.3) is 0 Å². The minimum absolute atomic E-state index is 0.0431. The third-order valence-corrected chi connectivity index (χ3v) is 2.69. The fourth-order valence-corrected chi connectivity index (χ4v) is 1.66. The maximum atomic E-state index is 13.5. The fourth-order valence-electron chi connectivity index (χ4n) is 1.66. The highest BCUT2D eigenvalue weighted by molar-refractivity contribution is 6.09. The van der Waals surface area contributed by atoms with Crippen molar-refractivity contribution in [3.63, 3.8) is 0 Å². The molecule has 1 nitrogen and oxygen atoms in total. The second kappa shape index (κ2) is 4.84. The van der Waals surface area contributed by atoms with Crippen LogP contribution in [0, 0.1) is 30.2 Å². The number of hydrogen-bond acceptors (Lipinski definition) is 1. The molecule has 0 heterocycles. The van der Waals surface area contributed by atoms with E-state index in [-0.39, 0.29) is 5.56 Å². The predicted octanol–water partition coefficient (Wildman–Crippen LogP) is 3.78. The molecule has 0 fully saturated rings. The molecule has 0 saturated carbocycles. The van der Waals surface area contributed by atoms with E-state index in [4.69, 9.17) is 0 Å². The van der Waals surface area contributed by atoms with E-state index in [2.05, 4.69) is 0 Å². The van der Waals surface area contributed by atoms with Crippen molar-refractivity contribution in [2.75, 3.05) is 0 Å². The van der Waals surface area contributed by atoms with Crippen molar-refractivity contribution in [3.05, 3.63) is 70.3 Å². The molecule has 0 amide bonds. The summed E-state index contributed by atoms with van der Waals surface area (Å²) >= 11 is 0. The van der Waals surface area contributed by atoms with Crippen molar-refractivity contribution in [3.8, 4) is 0 Å². The molecule has 0 unspecified atom stereocenters. The Morgan fingerprint density at radius 1 is 0.895 bits per heavy atom. The van der Waals surface area contributed by atoms with Gasteiger partial charge in [0.05, 0.1) is 11.1 Å². The molecule has 0 aromatic heterocycles. The average Bonchev–Trinajstić information content (AvgIpc) is 2.36. The van der Waals surface area contributed by atoms with Crippen LogP contribution in [0.15, 0.2) is 30.3 Å². The molecule has 0 aliphatic heterocycles. The first kappa shape index (κ1) is 13.3. The first-order valence-corrected chi connectivity index (χ1v) is 5.36. The van der Waals surface area contributed by atoms with Crippen LogP contribution >= 0.6 is 0 Å². The van der Waals surface area contributed by atoms with Crippen molar-refractivity contribution in [2.45, 2.75) is 6.92 Å². The maximum Gasteiger partial charge on any atom is 0.199 e. The zero-order valence-electron chi connectivity index (χ0n) is 9.81. The third kappa shape index (κ3) is 2.36. The SMILES string of the molecule is Cc1cc(C(=O)c2cccc(F)c2F)c(F)cc1F. The number of rotatable bonds is 2. The van der Waals surface area contributed by atoms with E-state index in [1.54, 1.807) is 0 Å². The molecular formula is C14H8F4O. The molecule has 0 atom stereocenters. The summed E-state index contributed by atoms with van der Waals surface area (Å²) in [4.78, 5) is 11.9. The lowest BCUT2D eigenvalue weighted by atomic mass is 10.00. The second-order valence-corrected chi connectivity index (χ2v) is 4.01. The molecule has 0 saturated heterocycles. The van der Waals surface area contributed by atoms with E-state index in [0.717, 1.165) is 24.3 Å². The van der Waals surface area contributed by atoms with Crippen LogP contribution in [0.25, 0.3) is 0 Å². The second-order valence-electron chi connectivity index (χ2n) is 4.01. The van der Waals surface area contributed by atoms with Gasteiger partial charge in [0, 0.05) is 6.07 Å². The maximum absolute atomic E-state index is 13.5. The summed E-state index contributed by atoms with van der Waals surface area (Å²) in [6.07, 6.45) is 0. The minimum Gasteiger partial charge on any atom is -0.288 e. The Morgan fingerprint density at radius 3 is 2.26 bits per heavy atom. The van der Waals surface area contributed by atoms with Gasteiger partial charge in [-0.25, -0.2) is 17.6 Å². The normalized spacial score (nSPS) is 10.6. The molecule has 0 N–H and O–H groups in total. The molecule has 0 bridgehead atoms. The lowest BCUT2D eigenvalue weighted by Gasteiger charge is -2.06. The Bertz CT molecular complexity index is 665. The number of hydrogen-bond donors (Lipinski definition) is 0. The summed E-state index contributed by atoms with van der Waals surface area (Å²) in [5.41, 5.74) is -1.05. The molecular weight excluding hydrogens is 260 g/mol. The topological polar surface area (TPSA) is 17.1 Å². The van der Waals surface area contributed by atoms with Gasteiger partial charge in [-0.15, -0.1) is 0 Å². The third-order valence-electron chi connectivity index (χ3n) is 2.69. The smallest absolute Gasteiger partial charge is 0.199 e. The molecule has 0 aliphatic rings. The quantitative estimate of drug-likeness (QED) is 0.598. The largest absolute Gasteiger partial charge is 0.288 e. The van der Waals surface area contributed by atoms with Crippen LogP contribution in [0.1, 0.15) is 21.5 Å². The number of aryl methyl sites for hydroxylation is 1. The van der Waals surface area contributed by atoms with E-state index in [1.165, 1.54) is 6.92 Å². The summed E-state index contributed by atoms with van der Waals surface area (Å²) in [6.45, 7) is 1.34. The Hall–Kier alpha value is -2.17. The van der Waals surface area contributed by atoms with Gasteiger partial charge < -0.3 is 0 Å². The van der Waals surface area contributed by atoms with Crippen LogP contribution in [0.3, 0.4) is 0 Å². The van der Waals surface area contributed by atoms with Crippen molar-refractivity contribution in [1.29, 1.82) is 0 Å². The van der Waals surface area contributed by atoms with Gasteiger partial charge in [0.15, 0.2) is 17.4 Å². The van der Waals surface area contributed by atoms with Crippen LogP contribution in [-0.4, -0.2) is 5.78 Å². The van der Waals surface area contributed by atoms with Gasteiger partial charge in [-0.05, 0) is 30.7 Å². The van der Waals surface area contributed by atoms with Gasteiger partial charge in [0.2, 0.25) is 0 Å². The van der Waals surface area contributed by atoms with Crippen molar-refractivity contribution in [1.82, 2.24) is 0 Å². The Morgan fingerprint density at radius 2 is 1.58 bits per heavy atom. The Labute approximate surface area is 106 Å². The van der Waals surface area contributed by atoms with Gasteiger partial charge >= 0.3 is 0 Å². The lowest BCUT2D eigenvalue weighted by molar-refractivity contribution is 0.103. The number of carbonyl (C=O) groups is 1. The van der Waals surface area contributed by atoms with E-state index in [0.29, 0.717) is 6.07 Å². The predicted molar refractivity (Wildman–Crippen MR) is 60.9 cm³/mol. The summed E-state index contributed by atoms with van der Waals surface area (Å²) in [6, 6.07) is 4.54. The number of halogens is 4.